The largest absolute Gasteiger partial charge is 0.346 e. The summed E-state index contributed by atoms with van der Waals surface area (Å²) in [6, 6.07) is 13.6. The van der Waals surface area contributed by atoms with Crippen molar-refractivity contribution in [1.82, 2.24) is 5.32 Å². The van der Waals surface area contributed by atoms with Gasteiger partial charge in [0.25, 0.3) is 5.91 Å². The van der Waals surface area contributed by atoms with E-state index in [1.807, 2.05) is 37.4 Å². The molecule has 0 aromatic heterocycles. The van der Waals surface area contributed by atoms with Crippen LogP contribution in [-0.4, -0.2) is 12.2 Å². The van der Waals surface area contributed by atoms with Crippen LogP contribution in [-0.2, 0) is 0 Å². The number of carbonyl (C=O) groups is 1. The van der Waals surface area contributed by atoms with Crippen molar-refractivity contribution in [2.75, 3.05) is 6.26 Å². The van der Waals surface area contributed by atoms with Crippen molar-refractivity contribution >= 4 is 17.7 Å². The fourth-order valence-electron chi connectivity index (χ4n) is 1.89. The van der Waals surface area contributed by atoms with Gasteiger partial charge in [-0.15, -0.1) is 11.8 Å². The molecule has 4 heteroatoms. The second kappa shape index (κ2) is 6.57. The molecule has 2 aromatic carbocycles. The van der Waals surface area contributed by atoms with Crippen LogP contribution in [0.2, 0.25) is 0 Å². The van der Waals surface area contributed by atoms with Gasteiger partial charge in [-0.05, 0) is 49.1 Å². The number of hydrogen-bond donors (Lipinski definition) is 1. The third-order valence-corrected chi connectivity index (χ3v) is 3.79. The van der Waals surface area contributed by atoms with E-state index in [0.717, 1.165) is 5.56 Å². The highest BCUT2D eigenvalue weighted by molar-refractivity contribution is 7.98. The summed E-state index contributed by atoms with van der Waals surface area (Å²) < 4.78 is 13.1. The fourth-order valence-corrected chi connectivity index (χ4v) is 2.29. The third kappa shape index (κ3) is 3.61. The maximum absolute atomic E-state index is 13.1. The van der Waals surface area contributed by atoms with Crippen LogP contribution in [0.25, 0.3) is 0 Å². The number of hydrogen-bond acceptors (Lipinski definition) is 2. The van der Waals surface area contributed by atoms with Crippen LogP contribution >= 0.6 is 11.8 Å². The van der Waals surface area contributed by atoms with Crippen molar-refractivity contribution in [1.29, 1.82) is 0 Å². The molecule has 0 aliphatic carbocycles. The minimum atomic E-state index is -0.408. The lowest BCUT2D eigenvalue weighted by atomic mass is 10.1. The molecule has 2 nitrogen and oxygen atoms in total. The zero-order valence-electron chi connectivity index (χ0n) is 11.4. The second-order valence-electron chi connectivity index (χ2n) is 4.48. The number of halogens is 1. The topological polar surface area (TPSA) is 29.1 Å². The maximum atomic E-state index is 13.1. The lowest BCUT2D eigenvalue weighted by Crippen LogP contribution is -2.26. The Morgan fingerprint density at radius 3 is 2.50 bits per heavy atom. The van der Waals surface area contributed by atoms with E-state index in [0.29, 0.717) is 5.56 Å². The standard InChI is InChI=1S/C16H16FNOS/c1-11(12-6-8-15(20-2)9-7-12)18-16(19)13-4-3-5-14(17)10-13/h3-11H,1-2H3,(H,18,19). The van der Waals surface area contributed by atoms with E-state index in [1.54, 1.807) is 17.8 Å². The van der Waals surface area contributed by atoms with Gasteiger partial charge in [-0.2, -0.15) is 0 Å². The van der Waals surface area contributed by atoms with Crippen molar-refractivity contribution in [3.05, 3.63) is 65.5 Å². The van der Waals surface area contributed by atoms with Crippen LogP contribution in [0, 0.1) is 5.82 Å². The molecule has 1 N–H and O–H groups in total. The van der Waals surface area contributed by atoms with Gasteiger partial charge in [-0.25, -0.2) is 4.39 Å². The fraction of sp³-hybridized carbons (Fsp3) is 0.188. The van der Waals surface area contributed by atoms with Crippen molar-refractivity contribution < 1.29 is 9.18 Å². The number of thioether (sulfide) groups is 1. The van der Waals surface area contributed by atoms with Gasteiger partial charge in [0.2, 0.25) is 0 Å². The summed E-state index contributed by atoms with van der Waals surface area (Å²) in [4.78, 5) is 13.2. The summed E-state index contributed by atoms with van der Waals surface area (Å²) >= 11 is 1.67. The number of rotatable bonds is 4. The highest BCUT2D eigenvalue weighted by atomic mass is 32.2. The van der Waals surface area contributed by atoms with E-state index in [1.165, 1.54) is 23.1 Å². The Kier molecular flexibility index (Phi) is 4.79. The van der Waals surface area contributed by atoms with E-state index in [-0.39, 0.29) is 11.9 Å². The van der Waals surface area contributed by atoms with Crippen LogP contribution in [0.3, 0.4) is 0 Å². The van der Waals surface area contributed by atoms with Crippen molar-refractivity contribution in [3.8, 4) is 0 Å². The second-order valence-corrected chi connectivity index (χ2v) is 5.36. The molecule has 1 amide bonds. The minimum Gasteiger partial charge on any atom is -0.346 e. The monoisotopic (exact) mass is 289 g/mol. The van der Waals surface area contributed by atoms with Gasteiger partial charge in [0, 0.05) is 10.5 Å². The highest BCUT2D eigenvalue weighted by Gasteiger charge is 2.11. The number of benzene rings is 2. The van der Waals surface area contributed by atoms with E-state index in [4.69, 9.17) is 0 Å². The van der Waals surface area contributed by atoms with Gasteiger partial charge in [0.05, 0.1) is 6.04 Å². The van der Waals surface area contributed by atoms with E-state index in [9.17, 15) is 9.18 Å². The number of carbonyl (C=O) groups excluding carboxylic acids is 1. The zero-order chi connectivity index (χ0) is 14.5. The average Bonchev–Trinajstić information content (AvgIpc) is 2.47. The predicted molar refractivity (Wildman–Crippen MR) is 80.5 cm³/mol. The Morgan fingerprint density at radius 1 is 1.20 bits per heavy atom. The third-order valence-electron chi connectivity index (χ3n) is 3.05. The van der Waals surface area contributed by atoms with Gasteiger partial charge in [0.15, 0.2) is 0 Å². The van der Waals surface area contributed by atoms with Crippen molar-refractivity contribution in [2.24, 2.45) is 0 Å². The maximum Gasteiger partial charge on any atom is 0.251 e. The van der Waals surface area contributed by atoms with Gasteiger partial charge >= 0.3 is 0 Å². The molecule has 1 atom stereocenters. The Hall–Kier alpha value is -1.81. The van der Waals surface area contributed by atoms with Crippen LogP contribution < -0.4 is 5.32 Å². The summed E-state index contributed by atoms with van der Waals surface area (Å²) in [7, 11) is 0. The van der Waals surface area contributed by atoms with Crippen LogP contribution in [0.4, 0.5) is 4.39 Å². The van der Waals surface area contributed by atoms with Gasteiger partial charge in [-0.1, -0.05) is 18.2 Å². The lowest BCUT2D eigenvalue weighted by Gasteiger charge is -2.14. The molecule has 2 aromatic rings. The SMILES string of the molecule is CSc1ccc(C(C)NC(=O)c2cccc(F)c2)cc1. The average molecular weight is 289 g/mol. The molecule has 0 fully saturated rings. The number of nitrogens with one attached hydrogen (secondary N) is 1. The first-order valence-corrected chi connectivity index (χ1v) is 7.53. The van der Waals surface area contributed by atoms with Gasteiger partial charge in [-0.3, -0.25) is 4.79 Å². The smallest absolute Gasteiger partial charge is 0.251 e. The molecule has 0 heterocycles. The van der Waals surface area contributed by atoms with E-state index < -0.39 is 5.82 Å². The van der Waals surface area contributed by atoms with Gasteiger partial charge < -0.3 is 5.32 Å². The molecule has 104 valence electrons. The summed E-state index contributed by atoms with van der Waals surface area (Å²) in [5.41, 5.74) is 1.35. The quantitative estimate of drug-likeness (QED) is 0.861. The lowest BCUT2D eigenvalue weighted by molar-refractivity contribution is 0.0939. The predicted octanol–water partition coefficient (Wildman–Crippen LogP) is 4.04. The van der Waals surface area contributed by atoms with E-state index in [2.05, 4.69) is 5.32 Å². The molecule has 0 bridgehead atoms. The molecular weight excluding hydrogens is 273 g/mol. The first-order chi connectivity index (χ1) is 9.60. The first-order valence-electron chi connectivity index (χ1n) is 6.30. The zero-order valence-corrected chi connectivity index (χ0v) is 12.2. The Balaban J connectivity index is 2.06. The molecule has 0 spiro atoms. The first kappa shape index (κ1) is 14.6. The van der Waals surface area contributed by atoms with Crippen molar-refractivity contribution in [3.63, 3.8) is 0 Å². The molecule has 0 aliphatic rings. The number of amides is 1. The Morgan fingerprint density at radius 2 is 1.90 bits per heavy atom. The summed E-state index contributed by atoms with van der Waals surface area (Å²) in [6.07, 6.45) is 2.02. The van der Waals surface area contributed by atoms with E-state index >= 15 is 0 Å². The minimum absolute atomic E-state index is 0.123. The normalized spacial score (nSPS) is 11.9. The Labute approximate surface area is 122 Å². The van der Waals surface area contributed by atoms with Crippen LogP contribution in [0.1, 0.15) is 28.9 Å². The van der Waals surface area contributed by atoms with Crippen LogP contribution in [0.15, 0.2) is 53.4 Å². The molecule has 0 saturated heterocycles. The molecule has 1 unspecified atom stereocenters. The molecule has 20 heavy (non-hydrogen) atoms. The highest BCUT2D eigenvalue weighted by Crippen LogP contribution is 2.19. The summed E-state index contributed by atoms with van der Waals surface area (Å²) in [5, 5.41) is 2.86. The molecule has 0 aliphatic heterocycles. The van der Waals surface area contributed by atoms with Crippen molar-refractivity contribution in [2.45, 2.75) is 17.9 Å². The molecule has 2 rings (SSSR count). The summed E-state index contributed by atoms with van der Waals surface area (Å²) in [5.74, 6) is -0.680. The van der Waals surface area contributed by atoms with Crippen LogP contribution in [0.5, 0.6) is 0 Å². The molecule has 0 saturated carbocycles. The van der Waals surface area contributed by atoms with Gasteiger partial charge in [0.1, 0.15) is 5.82 Å². The summed E-state index contributed by atoms with van der Waals surface area (Å²) in [6.45, 7) is 1.91. The molecule has 0 radical (unpaired) electrons. The molecular formula is C16H16FNOS. The Bertz CT molecular complexity index is 598.